The van der Waals surface area contributed by atoms with E-state index >= 15 is 0 Å². The van der Waals surface area contributed by atoms with Gasteiger partial charge in [0.05, 0.1) is 12.3 Å². The molecule has 1 heterocycles. The van der Waals surface area contributed by atoms with Crippen LogP contribution in [0.4, 0.5) is 4.39 Å². The van der Waals surface area contributed by atoms with Crippen molar-refractivity contribution in [2.24, 2.45) is 5.73 Å². The Morgan fingerprint density at radius 1 is 1.31 bits per heavy atom. The number of halogens is 3. The highest BCUT2D eigenvalue weighted by molar-refractivity contribution is 9.10. The minimum absolute atomic E-state index is 0.347. The number of hydrogen-bond donors (Lipinski definition) is 1. The number of furan rings is 1. The Balaban J connectivity index is 2.41. The molecule has 1 unspecified atom stereocenters. The van der Waals surface area contributed by atoms with Crippen molar-refractivity contribution < 1.29 is 8.81 Å². The van der Waals surface area contributed by atoms with Crippen molar-refractivity contribution in [1.82, 2.24) is 0 Å². The topological polar surface area (TPSA) is 39.2 Å². The molecule has 0 aliphatic heterocycles. The van der Waals surface area contributed by atoms with Gasteiger partial charge >= 0.3 is 0 Å². The van der Waals surface area contributed by atoms with Crippen LogP contribution in [-0.2, 0) is 0 Å². The summed E-state index contributed by atoms with van der Waals surface area (Å²) in [5.41, 5.74) is 7.02. The predicted octanol–water partition coefficient (Wildman–Crippen LogP) is 3.88. The molecule has 2 nitrogen and oxygen atoms in total. The largest absolute Gasteiger partial charge is 0.457 e. The van der Waals surface area contributed by atoms with Gasteiger partial charge in [-0.25, -0.2) is 4.39 Å². The molecule has 2 N–H and O–H groups in total. The number of nitrogens with two attached hydrogens (primary N) is 1. The maximum atomic E-state index is 13.6. The van der Waals surface area contributed by atoms with Gasteiger partial charge in [-0.05, 0) is 34.1 Å². The summed E-state index contributed by atoms with van der Waals surface area (Å²) in [6.07, 6.45) is 1.49. The molecule has 0 fully saturated rings. The van der Waals surface area contributed by atoms with Crippen LogP contribution in [-0.4, -0.2) is 0 Å². The molecule has 2 aromatic rings. The second-order valence-electron chi connectivity index (χ2n) is 3.29. The standard InChI is InChI=1S/C11H8BrClFNO/c12-11-8(3-4-16-11)10(15)7-2-1-6(13)5-9(7)14/h1-5,10H,15H2. The van der Waals surface area contributed by atoms with Gasteiger partial charge in [0.2, 0.25) is 0 Å². The lowest BCUT2D eigenvalue weighted by Gasteiger charge is -2.11. The smallest absolute Gasteiger partial charge is 0.174 e. The predicted molar refractivity (Wildman–Crippen MR) is 63.8 cm³/mol. The van der Waals surface area contributed by atoms with Crippen molar-refractivity contribution >= 4 is 27.5 Å². The van der Waals surface area contributed by atoms with Crippen LogP contribution >= 0.6 is 27.5 Å². The fourth-order valence-electron chi connectivity index (χ4n) is 1.45. The van der Waals surface area contributed by atoms with Crippen molar-refractivity contribution in [2.75, 3.05) is 0 Å². The van der Waals surface area contributed by atoms with E-state index in [1.165, 1.54) is 12.3 Å². The maximum Gasteiger partial charge on any atom is 0.174 e. The molecule has 0 amide bonds. The Morgan fingerprint density at radius 2 is 2.06 bits per heavy atom. The van der Waals surface area contributed by atoms with E-state index in [0.717, 1.165) is 0 Å². The van der Waals surface area contributed by atoms with Gasteiger partial charge in [0.1, 0.15) is 5.82 Å². The van der Waals surface area contributed by atoms with E-state index < -0.39 is 11.9 Å². The van der Waals surface area contributed by atoms with Crippen LogP contribution in [0.3, 0.4) is 0 Å². The van der Waals surface area contributed by atoms with E-state index in [-0.39, 0.29) is 0 Å². The lowest BCUT2D eigenvalue weighted by Crippen LogP contribution is -2.13. The van der Waals surface area contributed by atoms with Gasteiger partial charge in [-0.3, -0.25) is 0 Å². The molecular formula is C11H8BrClFNO. The highest BCUT2D eigenvalue weighted by atomic mass is 79.9. The Hall–Kier alpha value is -0.840. The van der Waals surface area contributed by atoms with Gasteiger partial charge in [0.25, 0.3) is 0 Å². The Kier molecular flexibility index (Phi) is 3.33. The summed E-state index contributed by atoms with van der Waals surface area (Å²) in [7, 11) is 0. The number of rotatable bonds is 2. The van der Waals surface area contributed by atoms with E-state index in [4.69, 9.17) is 21.8 Å². The molecule has 16 heavy (non-hydrogen) atoms. The molecule has 0 saturated carbocycles. The third kappa shape index (κ3) is 2.14. The molecule has 0 spiro atoms. The Morgan fingerprint density at radius 3 is 2.62 bits per heavy atom. The van der Waals surface area contributed by atoms with E-state index in [1.807, 2.05) is 0 Å². The van der Waals surface area contributed by atoms with Gasteiger partial charge in [0, 0.05) is 16.1 Å². The number of benzene rings is 1. The first-order chi connectivity index (χ1) is 7.59. The zero-order valence-corrected chi connectivity index (χ0v) is 10.4. The van der Waals surface area contributed by atoms with Gasteiger partial charge in [-0.15, -0.1) is 0 Å². The van der Waals surface area contributed by atoms with Crippen molar-refractivity contribution in [3.05, 3.63) is 57.2 Å². The lowest BCUT2D eigenvalue weighted by atomic mass is 10.0. The molecule has 5 heteroatoms. The van der Waals surface area contributed by atoms with Gasteiger partial charge in [-0.2, -0.15) is 0 Å². The van der Waals surface area contributed by atoms with Gasteiger partial charge in [0.15, 0.2) is 4.67 Å². The second-order valence-corrected chi connectivity index (χ2v) is 4.45. The summed E-state index contributed by atoms with van der Waals surface area (Å²) in [6, 6.07) is 5.54. The summed E-state index contributed by atoms with van der Waals surface area (Å²) in [5, 5.41) is 0.347. The molecule has 0 radical (unpaired) electrons. The van der Waals surface area contributed by atoms with E-state index in [2.05, 4.69) is 15.9 Å². The first kappa shape index (κ1) is 11.6. The molecule has 0 bridgehead atoms. The third-order valence-corrected chi connectivity index (χ3v) is 3.16. The SMILES string of the molecule is NC(c1ccc(Cl)cc1F)c1ccoc1Br. The fourth-order valence-corrected chi connectivity index (χ4v) is 2.09. The Bertz CT molecular complexity index is 514. The highest BCUT2D eigenvalue weighted by Crippen LogP contribution is 2.29. The van der Waals surface area contributed by atoms with Crippen molar-refractivity contribution in [3.8, 4) is 0 Å². The monoisotopic (exact) mass is 303 g/mol. The lowest BCUT2D eigenvalue weighted by molar-refractivity contribution is 0.532. The Labute approximate surface area is 105 Å². The maximum absolute atomic E-state index is 13.6. The van der Waals surface area contributed by atoms with Gasteiger partial charge < -0.3 is 10.2 Å². The third-order valence-electron chi connectivity index (χ3n) is 2.28. The van der Waals surface area contributed by atoms with Crippen LogP contribution < -0.4 is 5.73 Å². The minimum atomic E-state index is -0.578. The first-order valence-corrected chi connectivity index (χ1v) is 5.70. The second kappa shape index (κ2) is 4.57. The van der Waals surface area contributed by atoms with E-state index in [0.29, 0.717) is 20.8 Å². The van der Waals surface area contributed by atoms with Crippen molar-refractivity contribution in [2.45, 2.75) is 6.04 Å². The molecule has 2 rings (SSSR count). The van der Waals surface area contributed by atoms with Crippen LogP contribution in [0.2, 0.25) is 5.02 Å². The molecule has 1 aromatic carbocycles. The molecule has 84 valence electrons. The van der Waals surface area contributed by atoms with Crippen LogP contribution in [0.15, 0.2) is 39.6 Å². The molecule has 0 aliphatic carbocycles. The quantitative estimate of drug-likeness (QED) is 0.914. The van der Waals surface area contributed by atoms with E-state index in [9.17, 15) is 4.39 Å². The summed E-state index contributed by atoms with van der Waals surface area (Å²) < 4.78 is 19.2. The van der Waals surface area contributed by atoms with E-state index in [1.54, 1.807) is 18.2 Å². The van der Waals surface area contributed by atoms with Crippen LogP contribution in [0.25, 0.3) is 0 Å². The summed E-state index contributed by atoms with van der Waals surface area (Å²) in [4.78, 5) is 0. The molecular weight excluding hydrogens is 296 g/mol. The van der Waals surface area contributed by atoms with Crippen LogP contribution in [0, 0.1) is 5.82 Å². The average Bonchev–Trinajstić information content (AvgIpc) is 2.63. The fraction of sp³-hybridized carbons (Fsp3) is 0.0909. The minimum Gasteiger partial charge on any atom is -0.457 e. The molecule has 1 atom stereocenters. The molecule has 1 aromatic heterocycles. The molecule has 0 saturated heterocycles. The summed E-state index contributed by atoms with van der Waals surface area (Å²) in [6.45, 7) is 0. The summed E-state index contributed by atoms with van der Waals surface area (Å²) in [5.74, 6) is -0.423. The molecule has 0 aliphatic rings. The normalized spacial score (nSPS) is 12.8. The average molecular weight is 305 g/mol. The van der Waals surface area contributed by atoms with Crippen molar-refractivity contribution in [1.29, 1.82) is 0 Å². The summed E-state index contributed by atoms with van der Waals surface area (Å²) >= 11 is 8.88. The van der Waals surface area contributed by atoms with Crippen molar-refractivity contribution in [3.63, 3.8) is 0 Å². The highest BCUT2D eigenvalue weighted by Gasteiger charge is 2.17. The zero-order chi connectivity index (χ0) is 11.7. The van der Waals surface area contributed by atoms with Crippen LogP contribution in [0.5, 0.6) is 0 Å². The first-order valence-electron chi connectivity index (χ1n) is 4.53. The number of hydrogen-bond acceptors (Lipinski definition) is 2. The van der Waals surface area contributed by atoms with Gasteiger partial charge in [-0.1, -0.05) is 17.7 Å². The zero-order valence-electron chi connectivity index (χ0n) is 8.08. The van der Waals surface area contributed by atoms with Crippen LogP contribution in [0.1, 0.15) is 17.2 Å².